The van der Waals surface area contributed by atoms with Crippen LogP contribution in [-0.4, -0.2) is 66.3 Å². The molecule has 1 heterocycles. The smallest absolute Gasteiger partial charge is 0.303 e. The molecule has 0 radical (unpaired) electrons. The Hall–Kier alpha value is -2.36. The third kappa shape index (κ3) is 6.51. The summed E-state index contributed by atoms with van der Waals surface area (Å²) in [6.45, 7) is 4.26. The largest absolute Gasteiger partial charge is 0.463 e. The van der Waals surface area contributed by atoms with Crippen molar-refractivity contribution in [3.63, 3.8) is 0 Å². The highest BCUT2D eigenvalue weighted by Crippen LogP contribution is 2.29. The zero-order chi connectivity index (χ0) is 19.9. The molecule has 0 aromatic heterocycles. The maximum absolute atomic E-state index is 11.5. The second kappa shape index (κ2) is 9.95. The number of thiocarbonyl (C=S) groups is 1. The van der Waals surface area contributed by atoms with Crippen LogP contribution in [0.2, 0.25) is 0 Å². The van der Waals surface area contributed by atoms with Crippen LogP contribution in [0.4, 0.5) is 0 Å². The molecule has 0 spiro atoms. The number of hydrogen-bond acceptors (Lipinski definition) is 11. The van der Waals surface area contributed by atoms with Gasteiger partial charge < -0.3 is 23.7 Å². The first-order valence-electron chi connectivity index (χ1n) is 7.53. The molecule has 5 atom stereocenters. The second-order valence-corrected chi connectivity index (χ2v) is 5.49. The predicted molar refractivity (Wildman–Crippen MR) is 87.0 cm³/mol. The molecule has 0 bridgehead atoms. The lowest BCUT2D eigenvalue weighted by Gasteiger charge is -2.42. The van der Waals surface area contributed by atoms with Gasteiger partial charge >= 0.3 is 23.9 Å². The molecule has 1 fully saturated rings. The number of isothiocyanates is 1. The maximum Gasteiger partial charge on any atom is 0.303 e. The molecule has 11 heteroatoms. The Morgan fingerprint density at radius 2 is 1.38 bits per heavy atom. The van der Waals surface area contributed by atoms with Crippen LogP contribution in [0.15, 0.2) is 4.99 Å². The van der Waals surface area contributed by atoms with Crippen LogP contribution in [0.3, 0.4) is 0 Å². The summed E-state index contributed by atoms with van der Waals surface area (Å²) in [6, 6.07) is 0. The number of carbonyl (C=O) groups is 4. The first kappa shape index (κ1) is 21.7. The number of aliphatic imine (C=N–C) groups is 1. The van der Waals surface area contributed by atoms with E-state index in [-0.39, 0.29) is 6.61 Å². The van der Waals surface area contributed by atoms with Crippen LogP contribution in [-0.2, 0) is 42.9 Å². The number of esters is 4. The molecular formula is C15H19NO9S. The van der Waals surface area contributed by atoms with Crippen molar-refractivity contribution in [3.05, 3.63) is 0 Å². The predicted octanol–water partition coefficient (Wildman–Crippen LogP) is 0.172. The van der Waals surface area contributed by atoms with Gasteiger partial charge in [-0.2, -0.15) is 4.99 Å². The quantitative estimate of drug-likeness (QED) is 0.268. The van der Waals surface area contributed by atoms with Crippen LogP contribution in [0.25, 0.3) is 0 Å². The summed E-state index contributed by atoms with van der Waals surface area (Å²) in [6.07, 6.45) is -5.96. The van der Waals surface area contributed by atoms with Crippen molar-refractivity contribution in [2.45, 2.75) is 58.3 Å². The normalized spacial score (nSPS) is 27.5. The first-order valence-corrected chi connectivity index (χ1v) is 7.94. The topological polar surface area (TPSA) is 127 Å². The average molecular weight is 389 g/mol. The Balaban J connectivity index is 3.28. The minimum atomic E-state index is -1.26. The third-order valence-electron chi connectivity index (χ3n) is 3.15. The highest BCUT2D eigenvalue weighted by atomic mass is 32.1. The third-order valence-corrected chi connectivity index (χ3v) is 3.25. The van der Waals surface area contributed by atoms with E-state index in [2.05, 4.69) is 22.4 Å². The minimum absolute atomic E-state index is 0.318. The van der Waals surface area contributed by atoms with Crippen molar-refractivity contribution in [2.75, 3.05) is 6.61 Å². The van der Waals surface area contributed by atoms with Crippen molar-refractivity contribution in [3.8, 4) is 0 Å². The van der Waals surface area contributed by atoms with E-state index in [9.17, 15) is 19.2 Å². The molecule has 0 aromatic rings. The van der Waals surface area contributed by atoms with Gasteiger partial charge in [0.2, 0.25) is 0 Å². The summed E-state index contributed by atoms with van der Waals surface area (Å²) in [4.78, 5) is 49.3. The van der Waals surface area contributed by atoms with Gasteiger partial charge in [0.15, 0.2) is 24.5 Å². The maximum atomic E-state index is 11.5. The van der Waals surface area contributed by atoms with Gasteiger partial charge in [-0.1, -0.05) is 0 Å². The van der Waals surface area contributed by atoms with E-state index in [4.69, 9.17) is 23.7 Å². The van der Waals surface area contributed by atoms with Crippen LogP contribution in [0, 0.1) is 0 Å². The summed E-state index contributed by atoms with van der Waals surface area (Å²) < 4.78 is 26.0. The molecule has 1 saturated heterocycles. The zero-order valence-corrected chi connectivity index (χ0v) is 15.4. The van der Waals surface area contributed by atoms with Gasteiger partial charge in [0, 0.05) is 27.7 Å². The number of nitrogens with zero attached hydrogens (tertiary/aromatic N) is 1. The van der Waals surface area contributed by atoms with E-state index in [0.717, 1.165) is 20.8 Å². The molecule has 1 aliphatic heterocycles. The molecule has 1 rings (SSSR count). The Labute approximate surface area is 154 Å². The summed E-state index contributed by atoms with van der Waals surface area (Å²) in [5.41, 5.74) is 0. The Kier molecular flexibility index (Phi) is 8.30. The fourth-order valence-electron chi connectivity index (χ4n) is 2.36. The molecule has 10 nitrogen and oxygen atoms in total. The summed E-state index contributed by atoms with van der Waals surface area (Å²) in [5.74, 6) is -2.74. The van der Waals surface area contributed by atoms with Gasteiger partial charge in [-0.25, -0.2) is 0 Å². The molecule has 26 heavy (non-hydrogen) atoms. The SMILES string of the molecule is CC(=O)OC[C@H]1O[C@H](N=C=S)[C@@H](OC(C)=O)[C@@H](OC(C)=O)[C@@H]1OC(C)=O. The molecule has 144 valence electrons. The van der Waals surface area contributed by atoms with E-state index in [1.165, 1.54) is 6.92 Å². The molecular weight excluding hydrogens is 370 g/mol. The van der Waals surface area contributed by atoms with Crippen LogP contribution in [0.5, 0.6) is 0 Å². The zero-order valence-electron chi connectivity index (χ0n) is 14.6. The van der Waals surface area contributed by atoms with Gasteiger partial charge in [-0.05, 0) is 12.2 Å². The Morgan fingerprint density at radius 1 is 0.885 bits per heavy atom. The van der Waals surface area contributed by atoms with Crippen molar-refractivity contribution in [1.82, 2.24) is 0 Å². The van der Waals surface area contributed by atoms with Crippen molar-refractivity contribution in [2.24, 2.45) is 4.99 Å². The van der Waals surface area contributed by atoms with Gasteiger partial charge in [-0.3, -0.25) is 19.2 Å². The van der Waals surface area contributed by atoms with E-state index in [0.29, 0.717) is 0 Å². The summed E-state index contributed by atoms with van der Waals surface area (Å²) in [5, 5.41) is 2.09. The highest BCUT2D eigenvalue weighted by Gasteiger charge is 2.52. The molecule has 0 unspecified atom stereocenters. The fourth-order valence-corrected chi connectivity index (χ4v) is 2.47. The van der Waals surface area contributed by atoms with Crippen LogP contribution < -0.4 is 0 Å². The number of hydrogen-bond donors (Lipinski definition) is 0. The number of rotatable bonds is 6. The number of ether oxygens (including phenoxy) is 5. The number of carbonyl (C=O) groups excluding carboxylic acids is 4. The average Bonchev–Trinajstić information content (AvgIpc) is 2.50. The lowest BCUT2D eigenvalue weighted by Crippen LogP contribution is -2.61. The molecule has 0 amide bonds. The minimum Gasteiger partial charge on any atom is -0.463 e. The highest BCUT2D eigenvalue weighted by molar-refractivity contribution is 7.78. The first-order chi connectivity index (χ1) is 12.1. The van der Waals surface area contributed by atoms with Gasteiger partial charge in [0.25, 0.3) is 0 Å². The lowest BCUT2D eigenvalue weighted by molar-refractivity contribution is -0.250. The lowest BCUT2D eigenvalue weighted by atomic mass is 9.97. The Bertz CT molecular complexity index is 616. The summed E-state index contributed by atoms with van der Waals surface area (Å²) in [7, 11) is 0. The fraction of sp³-hybridized carbons (Fsp3) is 0.667. The van der Waals surface area contributed by atoms with Gasteiger partial charge in [0.05, 0.1) is 5.16 Å². The molecule has 0 saturated carbocycles. The Morgan fingerprint density at radius 3 is 1.85 bits per heavy atom. The van der Waals surface area contributed by atoms with E-state index in [1.54, 1.807) is 0 Å². The van der Waals surface area contributed by atoms with Crippen molar-refractivity contribution in [1.29, 1.82) is 0 Å². The van der Waals surface area contributed by atoms with Gasteiger partial charge in [-0.15, -0.1) is 0 Å². The standard InChI is InChI=1S/C15H19NO9S/c1-7(17)21-5-11-12(22-8(2)18)13(23-9(3)19)14(24-10(4)20)15(25-11)16-6-26/h11-15H,5H2,1-4H3/t11-,12-,13+,14+,15+/m1/s1. The van der Waals surface area contributed by atoms with E-state index < -0.39 is 54.5 Å². The summed E-state index contributed by atoms with van der Waals surface area (Å²) >= 11 is 4.55. The van der Waals surface area contributed by atoms with E-state index >= 15 is 0 Å². The molecule has 0 N–H and O–H groups in total. The van der Waals surface area contributed by atoms with Crippen molar-refractivity contribution < 1.29 is 42.9 Å². The molecule has 0 aliphatic carbocycles. The second-order valence-electron chi connectivity index (χ2n) is 5.31. The van der Waals surface area contributed by atoms with Gasteiger partial charge in [0.1, 0.15) is 12.7 Å². The van der Waals surface area contributed by atoms with Crippen LogP contribution in [0.1, 0.15) is 27.7 Å². The van der Waals surface area contributed by atoms with Crippen molar-refractivity contribution >= 4 is 41.3 Å². The van der Waals surface area contributed by atoms with E-state index in [1.807, 2.05) is 0 Å². The van der Waals surface area contributed by atoms with Crippen LogP contribution >= 0.6 is 12.2 Å². The molecule has 0 aromatic carbocycles. The molecule has 1 aliphatic rings. The monoisotopic (exact) mass is 389 g/mol.